The van der Waals surface area contributed by atoms with Gasteiger partial charge in [-0.25, -0.2) is 0 Å². The van der Waals surface area contributed by atoms with Crippen molar-refractivity contribution in [2.24, 2.45) is 11.8 Å². The Balaban J connectivity index is 1.60. The Labute approximate surface area is 233 Å². The van der Waals surface area contributed by atoms with Crippen molar-refractivity contribution in [3.05, 3.63) is 23.4 Å². The van der Waals surface area contributed by atoms with E-state index in [1.807, 2.05) is 7.11 Å². The van der Waals surface area contributed by atoms with Gasteiger partial charge in [-0.1, -0.05) is 94.6 Å². The maximum atomic E-state index is 6.18. The number of rotatable bonds is 4. The van der Waals surface area contributed by atoms with Crippen LogP contribution in [0.4, 0.5) is 0 Å². The van der Waals surface area contributed by atoms with Gasteiger partial charge >= 0.3 is 0 Å². The summed E-state index contributed by atoms with van der Waals surface area (Å²) in [5.74, 6) is 1.10. The van der Waals surface area contributed by atoms with Gasteiger partial charge in [0.25, 0.3) is 0 Å². The molecular formula is C23H34Cl6N4O. The van der Waals surface area contributed by atoms with Gasteiger partial charge in [0.15, 0.2) is 0 Å². The Hall–Kier alpha value is 0.860. The number of fused-ring (bicyclic) bond motifs is 1. The zero-order valence-corrected chi connectivity index (χ0v) is 24.0. The van der Waals surface area contributed by atoms with Crippen LogP contribution in [0.1, 0.15) is 51.4 Å². The van der Waals surface area contributed by atoms with E-state index in [4.69, 9.17) is 74.3 Å². The summed E-state index contributed by atoms with van der Waals surface area (Å²) < 4.78 is 2.39. The molecule has 0 radical (unpaired) electrons. The molecule has 0 aromatic rings. The molecule has 2 saturated carbocycles. The highest BCUT2D eigenvalue weighted by molar-refractivity contribution is 6.68. The van der Waals surface area contributed by atoms with Gasteiger partial charge in [-0.15, -0.1) is 0 Å². The second-order valence-electron chi connectivity index (χ2n) is 9.91. The molecule has 4 rings (SSSR count). The molecule has 4 aliphatic rings. The van der Waals surface area contributed by atoms with Crippen LogP contribution in [0.5, 0.6) is 0 Å². The molecule has 0 spiro atoms. The number of nitrogens with one attached hydrogen (secondary N) is 3. The molecule has 5 nitrogen and oxygen atoms in total. The minimum atomic E-state index is -1.62. The molecule has 3 fully saturated rings. The van der Waals surface area contributed by atoms with Gasteiger partial charge in [-0.05, 0) is 50.0 Å². The van der Waals surface area contributed by atoms with Gasteiger partial charge in [0.05, 0.1) is 12.3 Å². The summed E-state index contributed by atoms with van der Waals surface area (Å²) in [5, 5.41) is 9.59. The predicted molar refractivity (Wildman–Crippen MR) is 144 cm³/mol. The van der Waals surface area contributed by atoms with Crippen molar-refractivity contribution in [2.75, 3.05) is 14.2 Å². The van der Waals surface area contributed by atoms with E-state index in [9.17, 15) is 0 Å². The number of alkyl halides is 6. The van der Waals surface area contributed by atoms with Gasteiger partial charge in [0.2, 0.25) is 7.59 Å². The topological polar surface area (TPSA) is 48.6 Å². The van der Waals surface area contributed by atoms with Crippen molar-refractivity contribution < 1.29 is 4.74 Å². The molecule has 2 aliphatic carbocycles. The average molecular weight is 595 g/mol. The fraction of sp³-hybridized carbons (Fsp3) is 0.826. The molecule has 4 atom stereocenters. The van der Waals surface area contributed by atoms with Crippen LogP contribution in [0.2, 0.25) is 0 Å². The first-order valence-corrected chi connectivity index (χ1v) is 14.3. The van der Waals surface area contributed by atoms with Gasteiger partial charge in [-0.3, -0.25) is 16.0 Å². The molecule has 4 unspecified atom stereocenters. The number of hydrogen-bond acceptors (Lipinski definition) is 5. The first-order chi connectivity index (χ1) is 16.0. The Morgan fingerprint density at radius 2 is 1.44 bits per heavy atom. The quantitative estimate of drug-likeness (QED) is 0.348. The second-order valence-corrected chi connectivity index (χ2v) is 14.6. The SMILES string of the molecule is COC1CCC(C2=C(C=CC3NC(C(Cl)(Cl)Cl)NC(C(Cl)(Cl)Cl)N3)C3CCCCC3N2C)CC1. The van der Waals surface area contributed by atoms with Crippen LogP contribution in [0.15, 0.2) is 23.4 Å². The average Bonchev–Trinajstić information content (AvgIpc) is 3.08. The summed E-state index contributed by atoms with van der Waals surface area (Å²) in [6.07, 6.45) is 12.5. The number of hydrogen-bond donors (Lipinski definition) is 3. The van der Waals surface area contributed by atoms with Crippen LogP contribution in [0, 0.1) is 11.8 Å². The molecule has 1 saturated heterocycles. The lowest BCUT2D eigenvalue weighted by atomic mass is 9.79. The summed E-state index contributed by atoms with van der Waals surface area (Å²) >= 11 is 37.1. The zero-order chi connectivity index (χ0) is 24.7. The molecule has 2 heterocycles. The van der Waals surface area contributed by atoms with Crippen molar-refractivity contribution >= 4 is 69.6 Å². The molecule has 3 N–H and O–H groups in total. The van der Waals surface area contributed by atoms with Crippen LogP contribution in [-0.2, 0) is 4.74 Å². The van der Waals surface area contributed by atoms with Gasteiger partial charge in [0, 0.05) is 31.8 Å². The Morgan fingerprint density at radius 1 is 0.853 bits per heavy atom. The number of halogens is 6. The lowest BCUT2D eigenvalue weighted by Crippen LogP contribution is -2.73. The van der Waals surface area contributed by atoms with E-state index in [0.717, 1.165) is 25.7 Å². The summed E-state index contributed by atoms with van der Waals surface area (Å²) in [4.78, 5) is 2.57. The van der Waals surface area contributed by atoms with Crippen LogP contribution in [0.25, 0.3) is 0 Å². The summed E-state index contributed by atoms with van der Waals surface area (Å²) in [6.45, 7) is 0. The largest absolute Gasteiger partial charge is 0.381 e. The Kier molecular flexibility index (Phi) is 9.27. The smallest absolute Gasteiger partial charge is 0.218 e. The third kappa shape index (κ3) is 6.28. The lowest BCUT2D eigenvalue weighted by Gasteiger charge is -2.42. The number of ether oxygens (including phenoxy) is 1. The van der Waals surface area contributed by atoms with Crippen molar-refractivity contribution in [1.82, 2.24) is 20.9 Å². The fourth-order valence-corrected chi connectivity index (χ4v) is 6.93. The van der Waals surface area contributed by atoms with E-state index in [2.05, 4.69) is 40.0 Å². The lowest BCUT2D eigenvalue weighted by molar-refractivity contribution is 0.0572. The van der Waals surface area contributed by atoms with Crippen LogP contribution in [-0.4, -0.2) is 57.3 Å². The maximum absolute atomic E-state index is 6.18. The molecule has 0 amide bonds. The molecule has 0 aromatic heterocycles. The fourth-order valence-electron chi connectivity index (χ4n) is 6.17. The zero-order valence-electron chi connectivity index (χ0n) is 19.5. The number of allylic oxidation sites excluding steroid dienone is 2. The van der Waals surface area contributed by atoms with E-state index >= 15 is 0 Å². The highest BCUT2D eigenvalue weighted by Gasteiger charge is 2.45. The number of nitrogens with zero attached hydrogens (tertiary/aromatic N) is 1. The number of methoxy groups -OCH3 is 1. The van der Waals surface area contributed by atoms with E-state index in [1.54, 1.807) is 0 Å². The highest BCUT2D eigenvalue weighted by atomic mass is 35.6. The first-order valence-electron chi connectivity index (χ1n) is 12.1. The summed E-state index contributed by atoms with van der Waals surface area (Å²) in [7, 11) is 4.10. The van der Waals surface area contributed by atoms with Crippen molar-refractivity contribution in [2.45, 2.75) is 89.6 Å². The molecule has 2 aliphatic heterocycles. The molecule has 0 bridgehead atoms. The highest BCUT2D eigenvalue weighted by Crippen LogP contribution is 2.47. The summed E-state index contributed by atoms with van der Waals surface area (Å²) in [6, 6.07) is 0.570. The minimum absolute atomic E-state index is 0.339. The normalized spacial score (nSPS) is 38.0. The molecule has 11 heteroatoms. The van der Waals surface area contributed by atoms with Crippen LogP contribution in [0.3, 0.4) is 0 Å². The Morgan fingerprint density at radius 3 is 2.00 bits per heavy atom. The van der Waals surface area contributed by atoms with Crippen molar-refractivity contribution in [3.63, 3.8) is 0 Å². The standard InChI is InChI=1S/C23H34Cl6N4O/c1-33-17-6-4-3-5-15(17)16(19(33)13-7-9-14(34-2)10-8-13)11-12-18-30-20(22(24,25)26)32-21(31-18)23(27,28)29/h11-15,17-18,20-21,30-32H,3-10H2,1-2H3. The molecule has 0 aromatic carbocycles. The maximum Gasteiger partial charge on any atom is 0.218 e. The molecule has 34 heavy (non-hydrogen) atoms. The van der Waals surface area contributed by atoms with Crippen molar-refractivity contribution in [3.8, 4) is 0 Å². The van der Waals surface area contributed by atoms with E-state index in [1.165, 1.54) is 37.0 Å². The van der Waals surface area contributed by atoms with Gasteiger partial charge in [-0.2, -0.15) is 0 Å². The van der Waals surface area contributed by atoms with Crippen molar-refractivity contribution in [1.29, 1.82) is 0 Å². The minimum Gasteiger partial charge on any atom is -0.381 e. The van der Waals surface area contributed by atoms with E-state index < -0.39 is 19.9 Å². The monoisotopic (exact) mass is 592 g/mol. The Bertz CT molecular complexity index is 752. The summed E-state index contributed by atoms with van der Waals surface area (Å²) in [5.41, 5.74) is 2.93. The van der Waals surface area contributed by atoms with E-state index in [0.29, 0.717) is 24.0 Å². The van der Waals surface area contributed by atoms with E-state index in [-0.39, 0.29) is 6.17 Å². The predicted octanol–water partition coefficient (Wildman–Crippen LogP) is 6.01. The second kappa shape index (κ2) is 11.3. The van der Waals surface area contributed by atoms with Crippen LogP contribution >= 0.6 is 69.6 Å². The molecular weight excluding hydrogens is 561 g/mol. The molecule has 194 valence electrons. The van der Waals surface area contributed by atoms with Crippen LogP contribution < -0.4 is 16.0 Å². The third-order valence-electron chi connectivity index (χ3n) is 7.85. The first kappa shape index (κ1) is 27.9. The third-order valence-corrected chi connectivity index (χ3v) is 9.15. The van der Waals surface area contributed by atoms with Gasteiger partial charge in [0.1, 0.15) is 12.3 Å². The van der Waals surface area contributed by atoms with Gasteiger partial charge < -0.3 is 9.64 Å².